The summed E-state index contributed by atoms with van der Waals surface area (Å²) in [6.07, 6.45) is 6.30. The number of fused-ring (bicyclic) bond motifs is 2. The number of benzene rings is 1. The molecule has 3 nitrogen and oxygen atoms in total. The Hall–Kier alpha value is -1.19. The van der Waals surface area contributed by atoms with E-state index in [0.29, 0.717) is 16.7 Å². The highest BCUT2D eigenvalue weighted by molar-refractivity contribution is 6.31. The molecule has 0 aromatic heterocycles. The SMILES string of the molecule is C.COC(=C1CCC2(Cl)CCCC1C2)c1cc(Cl)cc(OC(=O)C(C)(C)C)c1. The first-order valence-electron chi connectivity index (χ1n) is 9.60. The highest BCUT2D eigenvalue weighted by atomic mass is 35.5. The first-order chi connectivity index (χ1) is 12.6. The molecular weight excluding hydrogens is 395 g/mol. The molecule has 2 aliphatic rings. The minimum atomic E-state index is -0.583. The number of allylic oxidation sites excluding steroid dienone is 1. The van der Waals surface area contributed by atoms with Crippen LogP contribution in [0.5, 0.6) is 5.75 Å². The van der Waals surface area contributed by atoms with Gasteiger partial charge in [0.05, 0.1) is 12.5 Å². The lowest BCUT2D eigenvalue weighted by Gasteiger charge is -2.43. The van der Waals surface area contributed by atoms with E-state index in [2.05, 4.69) is 0 Å². The van der Waals surface area contributed by atoms with Gasteiger partial charge in [-0.2, -0.15) is 0 Å². The molecular formula is C23H32Cl2O3. The van der Waals surface area contributed by atoms with E-state index in [1.807, 2.05) is 32.9 Å². The summed E-state index contributed by atoms with van der Waals surface area (Å²) in [6.45, 7) is 5.48. The van der Waals surface area contributed by atoms with Gasteiger partial charge in [0, 0.05) is 15.5 Å². The molecule has 2 atom stereocenters. The Morgan fingerprint density at radius 1 is 1.21 bits per heavy atom. The third-order valence-corrected chi connectivity index (χ3v) is 6.33. The van der Waals surface area contributed by atoms with Gasteiger partial charge >= 0.3 is 5.97 Å². The van der Waals surface area contributed by atoms with Crippen LogP contribution in [0.15, 0.2) is 23.8 Å². The van der Waals surface area contributed by atoms with Crippen LogP contribution in [0.25, 0.3) is 5.76 Å². The number of methoxy groups -OCH3 is 1. The molecule has 2 aliphatic carbocycles. The van der Waals surface area contributed by atoms with E-state index < -0.39 is 5.41 Å². The molecule has 2 bridgehead atoms. The number of rotatable bonds is 3. The highest BCUT2D eigenvalue weighted by Gasteiger charge is 2.41. The van der Waals surface area contributed by atoms with E-state index in [1.165, 1.54) is 5.57 Å². The Bertz CT molecular complexity index is 764. The predicted octanol–water partition coefficient (Wildman–Crippen LogP) is 7.25. The van der Waals surface area contributed by atoms with Crippen molar-refractivity contribution in [2.45, 2.75) is 71.6 Å². The molecule has 28 heavy (non-hydrogen) atoms. The maximum absolute atomic E-state index is 12.3. The number of ether oxygens (including phenoxy) is 2. The Kier molecular flexibility index (Phi) is 7.15. The number of carbonyl (C=O) groups is 1. The minimum absolute atomic E-state index is 0. The number of esters is 1. The molecule has 2 fully saturated rings. The third-order valence-electron chi connectivity index (χ3n) is 5.58. The minimum Gasteiger partial charge on any atom is -0.496 e. The van der Waals surface area contributed by atoms with Crippen molar-refractivity contribution in [3.05, 3.63) is 34.4 Å². The van der Waals surface area contributed by atoms with Crippen LogP contribution in [-0.4, -0.2) is 18.0 Å². The standard InChI is InChI=1S/C22H28Cl2O3.CH4/c1-21(2,3)20(25)27-17-11-15(10-16(23)12-17)19(26-4)18-7-9-22(24)8-5-6-14(18)13-22;/h10-12,14H,5-9,13H2,1-4H3;1H4. The molecule has 0 amide bonds. The fraction of sp³-hybridized carbons (Fsp3) is 0.609. The smallest absolute Gasteiger partial charge is 0.316 e. The largest absolute Gasteiger partial charge is 0.496 e. The van der Waals surface area contributed by atoms with E-state index in [0.717, 1.165) is 49.8 Å². The third kappa shape index (κ3) is 5.04. The van der Waals surface area contributed by atoms with Gasteiger partial charge in [-0.15, -0.1) is 11.6 Å². The van der Waals surface area contributed by atoms with Gasteiger partial charge in [-0.05, 0) is 82.6 Å². The fourth-order valence-corrected chi connectivity index (χ4v) is 4.78. The topological polar surface area (TPSA) is 35.5 Å². The highest BCUT2D eigenvalue weighted by Crippen LogP contribution is 2.51. The second-order valence-corrected chi connectivity index (χ2v) is 10.1. The fourth-order valence-electron chi connectivity index (χ4n) is 4.14. The lowest BCUT2D eigenvalue weighted by molar-refractivity contribution is -0.142. The summed E-state index contributed by atoms with van der Waals surface area (Å²) < 4.78 is 11.4. The molecule has 5 heteroatoms. The molecule has 2 unspecified atom stereocenters. The number of alkyl halides is 1. The lowest BCUT2D eigenvalue weighted by Crippen LogP contribution is -2.35. The second kappa shape index (κ2) is 8.67. The van der Waals surface area contributed by atoms with Crippen LogP contribution in [0, 0.1) is 11.3 Å². The Labute approximate surface area is 179 Å². The first kappa shape index (κ1) is 23.1. The normalized spacial score (nSPS) is 26.1. The number of carbonyl (C=O) groups excluding carboxylic acids is 1. The van der Waals surface area contributed by atoms with E-state index >= 15 is 0 Å². The van der Waals surface area contributed by atoms with Gasteiger partial charge in [0.25, 0.3) is 0 Å². The maximum atomic E-state index is 12.3. The molecule has 1 aromatic rings. The molecule has 3 rings (SSSR count). The summed E-state index contributed by atoms with van der Waals surface area (Å²) in [4.78, 5) is 12.2. The van der Waals surface area contributed by atoms with Gasteiger partial charge in [0.2, 0.25) is 0 Å². The van der Waals surface area contributed by atoms with Gasteiger partial charge in [0.1, 0.15) is 11.5 Å². The zero-order valence-corrected chi connectivity index (χ0v) is 18.0. The van der Waals surface area contributed by atoms with Crippen LogP contribution < -0.4 is 4.74 Å². The van der Waals surface area contributed by atoms with Gasteiger partial charge < -0.3 is 9.47 Å². The summed E-state index contributed by atoms with van der Waals surface area (Å²) in [6, 6.07) is 5.37. The lowest BCUT2D eigenvalue weighted by atomic mass is 9.68. The molecule has 0 radical (unpaired) electrons. The Morgan fingerprint density at radius 2 is 1.93 bits per heavy atom. The molecule has 0 spiro atoms. The van der Waals surface area contributed by atoms with E-state index in [4.69, 9.17) is 32.7 Å². The molecule has 0 saturated heterocycles. The van der Waals surface area contributed by atoms with Crippen molar-refractivity contribution >= 4 is 34.9 Å². The average molecular weight is 427 g/mol. The zero-order chi connectivity index (χ0) is 19.8. The van der Waals surface area contributed by atoms with E-state index in [1.54, 1.807) is 13.2 Å². The predicted molar refractivity (Wildman–Crippen MR) is 117 cm³/mol. The number of hydrogen-bond donors (Lipinski definition) is 0. The van der Waals surface area contributed by atoms with Crippen LogP contribution in [0.2, 0.25) is 5.02 Å². The summed E-state index contributed by atoms with van der Waals surface area (Å²) in [7, 11) is 1.69. The summed E-state index contributed by atoms with van der Waals surface area (Å²) in [5.41, 5.74) is 1.58. The number of halogens is 2. The van der Waals surface area contributed by atoms with Gasteiger partial charge in [-0.1, -0.05) is 25.4 Å². The average Bonchev–Trinajstić information content (AvgIpc) is 2.56. The van der Waals surface area contributed by atoms with E-state index in [-0.39, 0.29) is 18.3 Å². The van der Waals surface area contributed by atoms with E-state index in [9.17, 15) is 4.79 Å². The maximum Gasteiger partial charge on any atom is 0.316 e. The molecule has 1 aromatic carbocycles. The van der Waals surface area contributed by atoms with Crippen LogP contribution in [0.3, 0.4) is 0 Å². The van der Waals surface area contributed by atoms with Crippen molar-refractivity contribution in [2.75, 3.05) is 7.11 Å². The molecule has 0 N–H and O–H groups in total. The molecule has 156 valence electrons. The quantitative estimate of drug-likeness (QED) is 0.221. The van der Waals surface area contributed by atoms with Gasteiger partial charge in [-0.25, -0.2) is 0 Å². The number of hydrogen-bond acceptors (Lipinski definition) is 3. The van der Waals surface area contributed by atoms with Crippen LogP contribution in [0.4, 0.5) is 0 Å². The Morgan fingerprint density at radius 3 is 2.57 bits per heavy atom. The van der Waals surface area contributed by atoms with Crippen molar-refractivity contribution in [3.8, 4) is 5.75 Å². The van der Waals surface area contributed by atoms with Crippen molar-refractivity contribution in [2.24, 2.45) is 11.3 Å². The Balaban J connectivity index is 0.00000280. The van der Waals surface area contributed by atoms with Crippen LogP contribution in [-0.2, 0) is 9.53 Å². The zero-order valence-electron chi connectivity index (χ0n) is 16.5. The van der Waals surface area contributed by atoms with Crippen molar-refractivity contribution in [1.82, 2.24) is 0 Å². The first-order valence-corrected chi connectivity index (χ1v) is 10.4. The summed E-state index contributed by atoms with van der Waals surface area (Å²) >= 11 is 13.1. The van der Waals surface area contributed by atoms with Gasteiger partial charge in [0.15, 0.2) is 0 Å². The van der Waals surface area contributed by atoms with Crippen molar-refractivity contribution < 1.29 is 14.3 Å². The van der Waals surface area contributed by atoms with Crippen LogP contribution >= 0.6 is 23.2 Å². The van der Waals surface area contributed by atoms with Crippen molar-refractivity contribution in [1.29, 1.82) is 0 Å². The van der Waals surface area contributed by atoms with Crippen molar-refractivity contribution in [3.63, 3.8) is 0 Å². The monoisotopic (exact) mass is 426 g/mol. The molecule has 0 aliphatic heterocycles. The summed E-state index contributed by atoms with van der Waals surface area (Å²) in [5.74, 6) is 1.44. The van der Waals surface area contributed by atoms with Gasteiger partial charge in [-0.3, -0.25) is 4.79 Å². The second-order valence-electron chi connectivity index (χ2n) is 8.82. The molecule has 0 heterocycles. The molecule has 2 saturated carbocycles. The summed E-state index contributed by atoms with van der Waals surface area (Å²) in [5, 5.41) is 0.519. The van der Waals surface area contributed by atoms with Crippen LogP contribution in [0.1, 0.15) is 72.3 Å².